The second-order valence-corrected chi connectivity index (χ2v) is 9.03. The van der Waals surface area contributed by atoms with Gasteiger partial charge in [0.2, 0.25) is 0 Å². The lowest BCUT2D eigenvalue weighted by atomic mass is 9.77. The maximum atomic E-state index is 11.0. The molecule has 1 heterocycles. The average Bonchev–Trinajstić information content (AvgIpc) is 2.70. The van der Waals surface area contributed by atoms with Crippen molar-refractivity contribution in [3.05, 3.63) is 64.7 Å². The molecule has 2 aromatic rings. The van der Waals surface area contributed by atoms with Crippen LogP contribution < -0.4 is 0 Å². The Labute approximate surface area is 160 Å². The summed E-state index contributed by atoms with van der Waals surface area (Å²) in [5.74, 6) is 1.01. The third kappa shape index (κ3) is 4.04. The van der Waals surface area contributed by atoms with Gasteiger partial charge in [-0.15, -0.1) is 11.8 Å². The highest BCUT2D eigenvalue weighted by Crippen LogP contribution is 2.43. The first-order valence-corrected chi connectivity index (χ1v) is 10.0. The molecule has 26 heavy (non-hydrogen) atoms. The van der Waals surface area contributed by atoms with Crippen molar-refractivity contribution in [1.82, 2.24) is 0 Å². The molecule has 2 nitrogen and oxygen atoms in total. The minimum absolute atomic E-state index is 0.178. The summed E-state index contributed by atoms with van der Waals surface area (Å²) in [4.78, 5) is 12.4. The fraction of sp³-hybridized carbons (Fsp3) is 0.348. The summed E-state index contributed by atoms with van der Waals surface area (Å²) < 4.78 is 0. The van der Waals surface area contributed by atoms with E-state index >= 15 is 0 Å². The molecule has 0 radical (unpaired) electrons. The van der Waals surface area contributed by atoms with Gasteiger partial charge in [-0.2, -0.15) is 0 Å². The number of aromatic carboxylic acids is 1. The Hall–Kier alpha value is -2.00. The number of allylic oxidation sites excluding steroid dienone is 1. The van der Waals surface area contributed by atoms with Crippen LogP contribution in [0.5, 0.6) is 0 Å². The molecule has 0 aliphatic carbocycles. The van der Waals surface area contributed by atoms with Gasteiger partial charge < -0.3 is 5.11 Å². The Kier molecular flexibility index (Phi) is 5.29. The molecule has 3 rings (SSSR count). The molecule has 0 saturated heterocycles. The Morgan fingerprint density at radius 2 is 1.81 bits per heavy atom. The zero-order valence-electron chi connectivity index (χ0n) is 15.9. The van der Waals surface area contributed by atoms with Gasteiger partial charge in [-0.3, -0.25) is 0 Å². The van der Waals surface area contributed by atoms with Gasteiger partial charge in [0.15, 0.2) is 0 Å². The monoisotopic (exact) mass is 366 g/mol. The number of carbonyl (C=O) groups is 1. The second-order valence-electron chi connectivity index (χ2n) is 7.97. The van der Waals surface area contributed by atoms with Gasteiger partial charge >= 0.3 is 5.97 Å². The number of rotatable bonds is 3. The van der Waals surface area contributed by atoms with E-state index in [1.54, 1.807) is 12.1 Å². The summed E-state index contributed by atoms with van der Waals surface area (Å²) in [5, 5.41) is 9.02. The molecule has 1 unspecified atom stereocenters. The molecule has 0 amide bonds. The van der Waals surface area contributed by atoms with E-state index in [9.17, 15) is 4.79 Å². The van der Waals surface area contributed by atoms with Gasteiger partial charge in [0, 0.05) is 10.6 Å². The first kappa shape index (κ1) is 18.8. The summed E-state index contributed by atoms with van der Waals surface area (Å²) >= 11 is 1.97. The normalized spacial score (nSPS) is 19.5. The smallest absolute Gasteiger partial charge is 0.335 e. The van der Waals surface area contributed by atoms with Crippen LogP contribution in [0.15, 0.2) is 47.4 Å². The first-order valence-electron chi connectivity index (χ1n) is 9.05. The Morgan fingerprint density at radius 3 is 2.46 bits per heavy atom. The van der Waals surface area contributed by atoms with Crippen molar-refractivity contribution >= 4 is 29.4 Å². The maximum Gasteiger partial charge on any atom is 0.335 e. The Balaban J connectivity index is 1.93. The lowest BCUT2D eigenvalue weighted by Gasteiger charge is -2.27. The van der Waals surface area contributed by atoms with Crippen molar-refractivity contribution in [2.24, 2.45) is 5.92 Å². The fourth-order valence-electron chi connectivity index (χ4n) is 3.76. The van der Waals surface area contributed by atoms with Crippen molar-refractivity contribution in [2.75, 3.05) is 5.75 Å². The lowest BCUT2D eigenvalue weighted by Crippen LogP contribution is -2.20. The molecule has 1 aliphatic rings. The number of hydrogen-bond acceptors (Lipinski definition) is 2. The minimum Gasteiger partial charge on any atom is -0.478 e. The van der Waals surface area contributed by atoms with E-state index in [-0.39, 0.29) is 5.41 Å². The highest BCUT2D eigenvalue weighted by atomic mass is 32.2. The lowest BCUT2D eigenvalue weighted by molar-refractivity contribution is 0.0697. The van der Waals surface area contributed by atoms with Crippen LogP contribution in [0, 0.1) is 5.92 Å². The third-order valence-electron chi connectivity index (χ3n) is 5.09. The van der Waals surface area contributed by atoms with Crippen molar-refractivity contribution in [3.8, 4) is 0 Å². The number of fused-ring (bicyclic) bond motifs is 1. The predicted molar refractivity (Wildman–Crippen MR) is 111 cm³/mol. The zero-order chi connectivity index (χ0) is 18.9. The Morgan fingerprint density at radius 1 is 1.15 bits per heavy atom. The van der Waals surface area contributed by atoms with E-state index in [0.717, 1.165) is 11.5 Å². The molecule has 0 saturated carbocycles. The minimum atomic E-state index is -0.892. The van der Waals surface area contributed by atoms with Crippen LogP contribution in [-0.4, -0.2) is 16.8 Å². The molecular weight excluding hydrogens is 340 g/mol. The van der Waals surface area contributed by atoms with E-state index in [4.69, 9.17) is 5.11 Å². The third-order valence-corrected chi connectivity index (χ3v) is 6.49. The predicted octanol–water partition coefficient (Wildman–Crippen LogP) is 6.35. The van der Waals surface area contributed by atoms with Gasteiger partial charge in [0.05, 0.1) is 5.56 Å². The zero-order valence-corrected chi connectivity index (χ0v) is 16.7. The van der Waals surface area contributed by atoms with Crippen LogP contribution >= 0.6 is 11.8 Å². The topological polar surface area (TPSA) is 37.3 Å². The SMILES string of the molecule is CC(=Cc1ccc(C(=O)O)cc1)c1ccc2c(c1)C(C)(C)CC(C)CS2. The number of carboxylic acids is 1. The standard InChI is InChI=1S/C23H26O2S/c1-15-13-23(3,4)20-12-19(9-10-21(20)26-14-15)16(2)11-17-5-7-18(8-6-17)22(24)25/h5-12,15H,13-14H2,1-4H3,(H,24,25). The van der Waals surface area contributed by atoms with E-state index in [1.165, 1.54) is 33.8 Å². The van der Waals surface area contributed by atoms with Crippen LogP contribution in [0.3, 0.4) is 0 Å². The van der Waals surface area contributed by atoms with Crippen molar-refractivity contribution in [3.63, 3.8) is 0 Å². The molecule has 0 fully saturated rings. The first-order chi connectivity index (χ1) is 12.3. The fourth-order valence-corrected chi connectivity index (χ4v) is 4.99. The second kappa shape index (κ2) is 7.32. The average molecular weight is 367 g/mol. The summed E-state index contributed by atoms with van der Waals surface area (Å²) in [5.41, 5.74) is 5.38. The van der Waals surface area contributed by atoms with Crippen molar-refractivity contribution in [2.45, 2.75) is 44.4 Å². The molecule has 0 bridgehead atoms. The van der Waals surface area contributed by atoms with Gasteiger partial charge in [0.25, 0.3) is 0 Å². The molecule has 1 aliphatic heterocycles. The summed E-state index contributed by atoms with van der Waals surface area (Å²) in [6, 6.07) is 13.8. The summed E-state index contributed by atoms with van der Waals surface area (Å²) in [6.07, 6.45) is 3.32. The number of thioether (sulfide) groups is 1. The van der Waals surface area contributed by atoms with Crippen molar-refractivity contribution < 1.29 is 9.90 Å². The van der Waals surface area contributed by atoms with E-state index < -0.39 is 5.97 Å². The number of carboxylic acid groups (broad SMARTS) is 1. The molecule has 0 aromatic heterocycles. The Bertz CT molecular complexity index is 847. The van der Waals surface area contributed by atoms with Gasteiger partial charge in [-0.1, -0.05) is 45.0 Å². The molecule has 1 N–H and O–H groups in total. The van der Waals surface area contributed by atoms with Gasteiger partial charge in [-0.05, 0) is 71.2 Å². The van der Waals surface area contributed by atoms with Crippen LogP contribution in [0.25, 0.3) is 11.6 Å². The largest absolute Gasteiger partial charge is 0.478 e. The highest BCUT2D eigenvalue weighted by Gasteiger charge is 2.29. The number of hydrogen-bond donors (Lipinski definition) is 1. The molecule has 2 aromatic carbocycles. The van der Waals surface area contributed by atoms with Gasteiger partial charge in [-0.25, -0.2) is 4.79 Å². The molecule has 0 spiro atoms. The van der Waals surface area contributed by atoms with E-state index in [0.29, 0.717) is 5.56 Å². The van der Waals surface area contributed by atoms with E-state index in [2.05, 4.69) is 52.0 Å². The van der Waals surface area contributed by atoms with Crippen LogP contribution in [0.2, 0.25) is 0 Å². The maximum absolute atomic E-state index is 11.0. The molecular formula is C23H26O2S. The number of benzene rings is 2. The summed E-state index contributed by atoms with van der Waals surface area (Å²) in [6.45, 7) is 9.16. The highest BCUT2D eigenvalue weighted by molar-refractivity contribution is 7.99. The van der Waals surface area contributed by atoms with E-state index in [1.807, 2.05) is 23.9 Å². The molecule has 1 atom stereocenters. The van der Waals surface area contributed by atoms with Crippen LogP contribution in [0.4, 0.5) is 0 Å². The quantitative estimate of drug-likeness (QED) is 0.643. The summed E-state index contributed by atoms with van der Waals surface area (Å²) in [7, 11) is 0. The van der Waals surface area contributed by atoms with Crippen LogP contribution in [-0.2, 0) is 5.41 Å². The van der Waals surface area contributed by atoms with Crippen molar-refractivity contribution in [1.29, 1.82) is 0 Å². The molecule has 136 valence electrons. The van der Waals surface area contributed by atoms with Gasteiger partial charge in [0.1, 0.15) is 0 Å². The molecule has 3 heteroatoms. The van der Waals surface area contributed by atoms with Crippen LogP contribution in [0.1, 0.15) is 61.2 Å².